The molecular weight excluding hydrogens is 544 g/mol. The van der Waals surface area contributed by atoms with E-state index >= 15 is 0 Å². The average Bonchev–Trinajstić information content (AvgIpc) is 3.44. The van der Waals surface area contributed by atoms with Crippen LogP contribution in [0.15, 0.2) is 79.1 Å². The normalized spacial score (nSPS) is 18.4. The number of rotatable bonds is 13. The van der Waals surface area contributed by atoms with Gasteiger partial charge in [-0.3, -0.25) is 9.59 Å². The zero-order valence-electron chi connectivity index (χ0n) is 24.6. The molecule has 9 heteroatoms. The van der Waals surface area contributed by atoms with Crippen LogP contribution in [0.1, 0.15) is 73.7 Å². The Bertz CT molecular complexity index is 1480. The van der Waals surface area contributed by atoms with Gasteiger partial charge in [-0.25, -0.2) is 4.98 Å². The minimum atomic E-state index is -0.558. The number of fused-ring (bicyclic) bond motifs is 1. The van der Waals surface area contributed by atoms with Crippen molar-refractivity contribution in [1.82, 2.24) is 20.2 Å². The van der Waals surface area contributed by atoms with Crippen molar-refractivity contribution in [2.75, 3.05) is 6.54 Å². The molecule has 43 heavy (non-hydrogen) atoms. The van der Waals surface area contributed by atoms with Crippen molar-refractivity contribution in [2.24, 2.45) is 0 Å². The summed E-state index contributed by atoms with van der Waals surface area (Å²) in [4.78, 5) is 27.8. The number of nitrogens with zero attached hydrogens (tertiary/aromatic N) is 2. The summed E-state index contributed by atoms with van der Waals surface area (Å²) in [5.41, 5.74) is 5.82. The molecule has 1 aliphatic heterocycles. The standard InChI is InChI=1S/C34H40N4O5/c1-24(40)35-18-6-2-3-9-33(41)36-20-25-10-16-28(17-11-25)34-42-29(21-38-23-37-30-7-4-5-8-31(30)38)19-32(43-34)27-14-12-26(22-39)13-15-27/h4-5,7-8,10-17,23,29,32,34,39H,2-3,6,9,18-22H2,1H3,(H,35,40)(H,36,41)/t29-,32+,34+/m0/s1. The fraction of sp³-hybridized carbons (Fsp3) is 0.382. The summed E-state index contributed by atoms with van der Waals surface area (Å²) < 4.78 is 15.1. The lowest BCUT2D eigenvalue weighted by Crippen LogP contribution is -2.32. The molecule has 2 heterocycles. The Morgan fingerprint density at radius 2 is 1.65 bits per heavy atom. The lowest BCUT2D eigenvalue weighted by atomic mass is 9.99. The van der Waals surface area contributed by atoms with Gasteiger partial charge in [0, 0.05) is 38.4 Å². The third kappa shape index (κ3) is 8.50. The first-order valence-electron chi connectivity index (χ1n) is 15.0. The highest BCUT2D eigenvalue weighted by molar-refractivity contribution is 5.76. The number of benzene rings is 3. The lowest BCUT2D eigenvalue weighted by molar-refractivity contribution is -0.252. The zero-order valence-corrected chi connectivity index (χ0v) is 24.6. The molecule has 0 unspecified atom stereocenters. The molecule has 9 nitrogen and oxygen atoms in total. The highest BCUT2D eigenvalue weighted by Crippen LogP contribution is 2.38. The number of hydrogen-bond acceptors (Lipinski definition) is 6. The summed E-state index contributed by atoms with van der Waals surface area (Å²) >= 11 is 0. The summed E-state index contributed by atoms with van der Waals surface area (Å²) in [7, 11) is 0. The van der Waals surface area contributed by atoms with Crippen LogP contribution < -0.4 is 10.6 Å². The minimum absolute atomic E-state index is 0.000601. The number of imidazole rings is 1. The van der Waals surface area contributed by atoms with Crippen LogP contribution in [-0.4, -0.2) is 39.1 Å². The Labute approximate surface area is 252 Å². The molecule has 1 aromatic heterocycles. The van der Waals surface area contributed by atoms with Crippen molar-refractivity contribution < 1.29 is 24.2 Å². The number of unbranched alkanes of at least 4 members (excludes halogenated alkanes) is 2. The number of amides is 2. The molecule has 226 valence electrons. The minimum Gasteiger partial charge on any atom is -0.392 e. The molecule has 1 aliphatic rings. The Balaban J connectivity index is 1.20. The van der Waals surface area contributed by atoms with E-state index in [0.29, 0.717) is 32.5 Å². The van der Waals surface area contributed by atoms with Crippen LogP contribution in [0.2, 0.25) is 0 Å². The molecule has 5 rings (SSSR count). The Hall–Kier alpha value is -4.05. The van der Waals surface area contributed by atoms with Gasteiger partial charge in [0.1, 0.15) is 0 Å². The molecule has 2 amide bonds. The van der Waals surface area contributed by atoms with Crippen LogP contribution in [0.3, 0.4) is 0 Å². The van der Waals surface area contributed by atoms with Gasteiger partial charge in [-0.2, -0.15) is 0 Å². The maximum Gasteiger partial charge on any atom is 0.220 e. The van der Waals surface area contributed by atoms with E-state index in [-0.39, 0.29) is 30.6 Å². The van der Waals surface area contributed by atoms with Crippen molar-refractivity contribution in [3.63, 3.8) is 0 Å². The summed E-state index contributed by atoms with van der Waals surface area (Å²) in [6.45, 7) is 3.25. The van der Waals surface area contributed by atoms with Crippen LogP contribution in [0.4, 0.5) is 0 Å². The van der Waals surface area contributed by atoms with Crippen molar-refractivity contribution in [1.29, 1.82) is 0 Å². The van der Waals surface area contributed by atoms with Gasteiger partial charge in [-0.15, -0.1) is 0 Å². The quantitative estimate of drug-likeness (QED) is 0.189. The number of ether oxygens (including phenoxy) is 2. The summed E-state index contributed by atoms with van der Waals surface area (Å²) in [6, 6.07) is 23.9. The Kier molecular flexibility index (Phi) is 10.5. The fourth-order valence-corrected chi connectivity index (χ4v) is 5.34. The van der Waals surface area contributed by atoms with Gasteiger partial charge in [-0.05, 0) is 41.7 Å². The molecule has 3 aromatic carbocycles. The number of aliphatic hydroxyl groups is 1. The molecule has 3 N–H and O–H groups in total. The molecular formula is C34H40N4O5. The van der Waals surface area contributed by atoms with Gasteiger partial charge in [-0.1, -0.05) is 67.1 Å². The van der Waals surface area contributed by atoms with E-state index in [1.165, 1.54) is 6.92 Å². The molecule has 0 aliphatic carbocycles. The first kappa shape index (κ1) is 30.4. The van der Waals surface area contributed by atoms with E-state index in [9.17, 15) is 14.7 Å². The third-order valence-electron chi connectivity index (χ3n) is 7.74. The van der Waals surface area contributed by atoms with Crippen LogP contribution in [-0.2, 0) is 38.8 Å². The highest BCUT2D eigenvalue weighted by Gasteiger charge is 2.32. The van der Waals surface area contributed by atoms with Gasteiger partial charge in [0.15, 0.2) is 6.29 Å². The smallest absolute Gasteiger partial charge is 0.220 e. The highest BCUT2D eigenvalue weighted by atomic mass is 16.7. The van der Waals surface area contributed by atoms with E-state index < -0.39 is 6.29 Å². The monoisotopic (exact) mass is 584 g/mol. The van der Waals surface area contributed by atoms with Gasteiger partial charge in [0.25, 0.3) is 0 Å². The van der Waals surface area contributed by atoms with Crippen LogP contribution >= 0.6 is 0 Å². The second-order valence-corrected chi connectivity index (χ2v) is 11.0. The van der Waals surface area contributed by atoms with Crippen LogP contribution in [0, 0.1) is 0 Å². The summed E-state index contributed by atoms with van der Waals surface area (Å²) in [5, 5.41) is 15.2. The first-order chi connectivity index (χ1) is 21.0. The molecule has 0 saturated carbocycles. The van der Waals surface area contributed by atoms with Gasteiger partial charge >= 0.3 is 0 Å². The molecule has 0 bridgehead atoms. The number of aromatic nitrogens is 2. The van der Waals surface area contributed by atoms with E-state index in [0.717, 1.165) is 52.5 Å². The average molecular weight is 585 g/mol. The zero-order chi connectivity index (χ0) is 30.0. The third-order valence-corrected chi connectivity index (χ3v) is 7.74. The maximum atomic E-state index is 12.3. The fourth-order valence-electron chi connectivity index (χ4n) is 5.34. The van der Waals surface area contributed by atoms with Gasteiger partial charge in [0.05, 0.1) is 42.7 Å². The number of para-hydroxylation sites is 2. The molecule has 0 spiro atoms. The van der Waals surface area contributed by atoms with E-state index in [1.54, 1.807) is 0 Å². The van der Waals surface area contributed by atoms with Crippen LogP contribution in [0.5, 0.6) is 0 Å². The molecule has 1 fully saturated rings. The van der Waals surface area contributed by atoms with Gasteiger partial charge < -0.3 is 29.8 Å². The van der Waals surface area contributed by atoms with Crippen molar-refractivity contribution in [3.8, 4) is 0 Å². The topological polar surface area (TPSA) is 115 Å². The number of nitrogens with one attached hydrogen (secondary N) is 2. The van der Waals surface area contributed by atoms with Crippen LogP contribution in [0.25, 0.3) is 11.0 Å². The summed E-state index contributed by atoms with van der Waals surface area (Å²) in [6.07, 6.45) is 4.72. The SMILES string of the molecule is CC(=O)NCCCCCC(=O)NCc1ccc([C@@H]2O[C@H](Cn3cnc4ccccc43)C[C@H](c3ccc(CO)cc3)O2)cc1. The van der Waals surface area contributed by atoms with E-state index in [2.05, 4.69) is 26.3 Å². The Morgan fingerprint density at radius 1 is 0.907 bits per heavy atom. The Morgan fingerprint density at radius 3 is 2.42 bits per heavy atom. The molecule has 0 radical (unpaired) electrons. The number of aliphatic hydroxyl groups excluding tert-OH is 1. The maximum absolute atomic E-state index is 12.3. The number of hydrogen-bond donors (Lipinski definition) is 3. The number of carbonyl (C=O) groups is 2. The predicted molar refractivity (Wildman–Crippen MR) is 164 cm³/mol. The van der Waals surface area contributed by atoms with E-state index in [4.69, 9.17) is 9.47 Å². The summed E-state index contributed by atoms with van der Waals surface area (Å²) in [5.74, 6) is -0.00534. The van der Waals surface area contributed by atoms with Gasteiger partial charge in [0.2, 0.25) is 11.8 Å². The lowest BCUT2D eigenvalue weighted by Gasteiger charge is -2.36. The largest absolute Gasteiger partial charge is 0.392 e. The first-order valence-corrected chi connectivity index (χ1v) is 15.0. The van der Waals surface area contributed by atoms with Crippen molar-refractivity contribution in [2.45, 2.75) is 77.2 Å². The molecule has 4 aromatic rings. The van der Waals surface area contributed by atoms with Crippen molar-refractivity contribution in [3.05, 3.63) is 101 Å². The molecule has 1 saturated heterocycles. The van der Waals surface area contributed by atoms with Crippen molar-refractivity contribution >= 4 is 22.8 Å². The second kappa shape index (κ2) is 14.9. The predicted octanol–water partition coefficient (Wildman–Crippen LogP) is 5.09. The second-order valence-electron chi connectivity index (χ2n) is 11.0. The number of carbonyl (C=O) groups excluding carboxylic acids is 2. The molecule has 3 atom stereocenters. The van der Waals surface area contributed by atoms with E-state index in [1.807, 2.05) is 73.1 Å².